The Balaban J connectivity index is 1.84. The van der Waals surface area contributed by atoms with Gasteiger partial charge in [0, 0.05) is 36.8 Å². The van der Waals surface area contributed by atoms with Crippen LogP contribution in [0.2, 0.25) is 0 Å². The molecule has 3 aromatic rings. The summed E-state index contributed by atoms with van der Waals surface area (Å²) in [7, 11) is 1.71. The summed E-state index contributed by atoms with van der Waals surface area (Å²) in [6, 6.07) is 4.15. The molecule has 0 unspecified atom stereocenters. The van der Waals surface area contributed by atoms with Crippen LogP contribution < -0.4 is 0 Å². The van der Waals surface area contributed by atoms with Crippen molar-refractivity contribution in [2.24, 2.45) is 27.5 Å². The van der Waals surface area contributed by atoms with Crippen molar-refractivity contribution in [2.45, 2.75) is 6.92 Å². The van der Waals surface area contributed by atoms with Crippen LogP contribution in [0.5, 0.6) is 11.5 Å². The zero-order valence-corrected chi connectivity index (χ0v) is 13.5. The third kappa shape index (κ3) is 3.41. The van der Waals surface area contributed by atoms with E-state index in [0.717, 1.165) is 11.5 Å². The maximum Gasteiger partial charge on any atom is 0.249 e. The molecule has 11 heteroatoms. The molecule has 0 aliphatic carbocycles. The first-order valence-corrected chi connectivity index (χ1v) is 7.48. The average Bonchev–Trinajstić information content (AvgIpc) is 3.15. The van der Waals surface area contributed by atoms with Crippen molar-refractivity contribution in [2.75, 3.05) is 0 Å². The van der Waals surface area contributed by atoms with Gasteiger partial charge in [0.2, 0.25) is 5.13 Å². The van der Waals surface area contributed by atoms with Gasteiger partial charge in [-0.25, -0.2) is 9.67 Å². The first-order valence-electron chi connectivity index (χ1n) is 6.70. The Morgan fingerprint density at radius 2 is 1.71 bits per heavy atom. The van der Waals surface area contributed by atoms with Gasteiger partial charge < -0.3 is 10.2 Å². The van der Waals surface area contributed by atoms with Crippen molar-refractivity contribution >= 4 is 33.9 Å². The van der Waals surface area contributed by atoms with Crippen LogP contribution in [0.1, 0.15) is 5.82 Å². The van der Waals surface area contributed by atoms with E-state index in [2.05, 4.69) is 34.9 Å². The fourth-order valence-electron chi connectivity index (χ4n) is 1.71. The molecule has 0 bridgehead atoms. The van der Waals surface area contributed by atoms with Crippen molar-refractivity contribution in [3.63, 3.8) is 0 Å². The lowest BCUT2D eigenvalue weighted by molar-refractivity contribution is 0.462. The SMILES string of the molecule is Cc1nsc(N=Nc2cc(O)c(N=Nc3ccnn3C)cc2O)n1. The summed E-state index contributed by atoms with van der Waals surface area (Å²) in [6.07, 6.45) is 1.57. The molecule has 0 saturated heterocycles. The van der Waals surface area contributed by atoms with Gasteiger partial charge in [-0.2, -0.15) is 9.47 Å². The molecule has 122 valence electrons. The molecule has 0 radical (unpaired) electrons. The quantitative estimate of drug-likeness (QED) is 0.548. The third-order valence-corrected chi connectivity index (χ3v) is 3.58. The summed E-state index contributed by atoms with van der Waals surface area (Å²) in [5.41, 5.74) is 0.180. The van der Waals surface area contributed by atoms with Crippen LogP contribution in [0.15, 0.2) is 44.9 Å². The van der Waals surface area contributed by atoms with E-state index in [1.54, 1.807) is 26.2 Å². The van der Waals surface area contributed by atoms with Gasteiger partial charge in [-0.05, 0) is 6.92 Å². The summed E-state index contributed by atoms with van der Waals surface area (Å²) in [6.45, 7) is 1.74. The Kier molecular flexibility index (Phi) is 4.24. The van der Waals surface area contributed by atoms with Crippen LogP contribution in [0.3, 0.4) is 0 Å². The molecule has 2 aromatic heterocycles. The number of nitrogens with zero attached hydrogens (tertiary/aromatic N) is 8. The number of azo groups is 2. The maximum absolute atomic E-state index is 10.0. The molecule has 0 saturated carbocycles. The molecule has 1 aromatic carbocycles. The van der Waals surface area contributed by atoms with E-state index >= 15 is 0 Å². The predicted octanol–water partition coefficient (Wildman–Crippen LogP) is 3.82. The van der Waals surface area contributed by atoms with Gasteiger partial charge in [-0.15, -0.1) is 20.5 Å². The van der Waals surface area contributed by atoms with Crippen molar-refractivity contribution in [3.8, 4) is 11.5 Å². The van der Waals surface area contributed by atoms with Crippen LogP contribution >= 0.6 is 11.5 Å². The van der Waals surface area contributed by atoms with Gasteiger partial charge in [0.1, 0.15) is 28.7 Å². The van der Waals surface area contributed by atoms with Crippen LogP contribution in [0.4, 0.5) is 22.3 Å². The summed E-state index contributed by atoms with van der Waals surface area (Å²) >= 11 is 1.08. The van der Waals surface area contributed by atoms with Crippen LogP contribution in [0, 0.1) is 6.92 Å². The van der Waals surface area contributed by atoms with Crippen molar-refractivity contribution in [3.05, 3.63) is 30.2 Å². The minimum atomic E-state index is -0.197. The van der Waals surface area contributed by atoms with Crippen LogP contribution in [-0.4, -0.2) is 29.4 Å². The lowest BCUT2D eigenvalue weighted by atomic mass is 10.2. The number of aromatic nitrogens is 4. The van der Waals surface area contributed by atoms with Gasteiger partial charge >= 0.3 is 0 Å². The largest absolute Gasteiger partial charge is 0.506 e. The highest BCUT2D eigenvalue weighted by Crippen LogP contribution is 2.39. The highest BCUT2D eigenvalue weighted by atomic mass is 32.1. The maximum atomic E-state index is 10.0. The lowest BCUT2D eigenvalue weighted by Gasteiger charge is -2.02. The number of benzene rings is 1. The Morgan fingerprint density at radius 1 is 1.04 bits per heavy atom. The Bertz CT molecular complexity index is 930. The molecule has 0 aliphatic rings. The molecular formula is C13H12N8O2S. The summed E-state index contributed by atoms with van der Waals surface area (Å²) in [4.78, 5) is 4.02. The number of rotatable bonds is 4. The smallest absolute Gasteiger partial charge is 0.249 e. The number of hydrogen-bond donors (Lipinski definition) is 2. The molecule has 3 rings (SSSR count). The zero-order valence-electron chi connectivity index (χ0n) is 12.7. The molecule has 24 heavy (non-hydrogen) atoms. The zero-order chi connectivity index (χ0) is 17.1. The second-order valence-corrected chi connectivity index (χ2v) is 5.40. The highest BCUT2D eigenvalue weighted by molar-refractivity contribution is 7.09. The lowest BCUT2D eigenvalue weighted by Crippen LogP contribution is -1.86. The number of aromatic hydroxyl groups is 2. The number of phenolic OH excluding ortho intramolecular Hbond substituents is 2. The Hall–Kier alpha value is -3.21. The number of aryl methyl sites for hydroxylation is 2. The minimum absolute atomic E-state index is 0.0832. The van der Waals surface area contributed by atoms with E-state index in [1.165, 1.54) is 16.8 Å². The predicted molar refractivity (Wildman–Crippen MR) is 86.0 cm³/mol. The van der Waals surface area contributed by atoms with E-state index < -0.39 is 0 Å². The molecule has 10 nitrogen and oxygen atoms in total. The van der Waals surface area contributed by atoms with E-state index in [9.17, 15) is 10.2 Å². The molecule has 2 heterocycles. The topological polar surface area (TPSA) is 134 Å². The Labute approximate surface area is 140 Å². The second-order valence-electron chi connectivity index (χ2n) is 4.67. The molecule has 0 atom stereocenters. The van der Waals surface area contributed by atoms with Crippen LogP contribution in [0.25, 0.3) is 0 Å². The van der Waals surface area contributed by atoms with Gasteiger partial charge in [0.25, 0.3) is 0 Å². The molecule has 0 amide bonds. The number of phenols is 2. The molecule has 0 spiro atoms. The molecule has 0 fully saturated rings. The molecule has 0 aliphatic heterocycles. The van der Waals surface area contributed by atoms with Gasteiger partial charge in [-0.1, -0.05) is 0 Å². The standard InChI is InChI=1S/C13H12N8O2S/c1-7-15-13(24-20-7)19-17-9-6-10(22)8(5-11(9)23)16-18-12-3-4-14-21(12)2/h3-6,22-23H,1-2H3. The van der Waals surface area contributed by atoms with Gasteiger partial charge in [-0.3, -0.25) is 0 Å². The first kappa shape index (κ1) is 15.7. The van der Waals surface area contributed by atoms with Crippen molar-refractivity contribution < 1.29 is 10.2 Å². The van der Waals surface area contributed by atoms with Crippen molar-refractivity contribution in [1.82, 2.24) is 19.1 Å². The fraction of sp³-hybridized carbons (Fsp3) is 0.154. The minimum Gasteiger partial charge on any atom is -0.506 e. The normalized spacial score (nSPS) is 11.8. The second kappa shape index (κ2) is 6.50. The van der Waals surface area contributed by atoms with E-state index in [4.69, 9.17) is 0 Å². The Morgan fingerprint density at radius 3 is 2.25 bits per heavy atom. The monoisotopic (exact) mass is 344 g/mol. The van der Waals surface area contributed by atoms with Gasteiger partial charge in [0.15, 0.2) is 5.82 Å². The van der Waals surface area contributed by atoms with Gasteiger partial charge in [0.05, 0.1) is 6.20 Å². The number of hydrogen-bond acceptors (Lipinski definition) is 10. The first-order chi connectivity index (χ1) is 11.5. The molecule has 2 N–H and O–H groups in total. The van der Waals surface area contributed by atoms with E-state index in [1.807, 2.05) is 0 Å². The molecular weight excluding hydrogens is 332 g/mol. The third-order valence-electron chi connectivity index (χ3n) is 2.89. The fourth-order valence-corrected chi connectivity index (χ4v) is 2.21. The van der Waals surface area contributed by atoms with E-state index in [0.29, 0.717) is 16.8 Å². The summed E-state index contributed by atoms with van der Waals surface area (Å²) in [5.74, 6) is 0.703. The average molecular weight is 344 g/mol. The highest BCUT2D eigenvalue weighted by Gasteiger charge is 2.09. The van der Waals surface area contributed by atoms with E-state index in [-0.39, 0.29) is 22.9 Å². The van der Waals surface area contributed by atoms with Crippen LogP contribution in [-0.2, 0) is 7.05 Å². The summed E-state index contributed by atoms with van der Waals surface area (Å²) < 4.78 is 5.49. The summed E-state index contributed by atoms with van der Waals surface area (Å²) in [5, 5.41) is 39.9. The van der Waals surface area contributed by atoms with Crippen molar-refractivity contribution in [1.29, 1.82) is 0 Å².